The predicted octanol–water partition coefficient (Wildman–Crippen LogP) is 2.87. The van der Waals surface area contributed by atoms with E-state index in [1.807, 2.05) is 0 Å². The van der Waals surface area contributed by atoms with Crippen LogP contribution in [0.2, 0.25) is 0 Å². The Morgan fingerprint density at radius 2 is 2.06 bits per heavy atom. The molecule has 94 valence electrons. The number of nitrogens with one attached hydrogen (secondary N) is 2. The zero-order valence-corrected chi connectivity index (χ0v) is 10.9. The molecule has 2 rings (SSSR count). The van der Waals surface area contributed by atoms with Crippen molar-refractivity contribution in [2.75, 3.05) is 6.54 Å². The van der Waals surface area contributed by atoms with Gasteiger partial charge in [-0.25, -0.2) is 0 Å². The molecule has 0 aliphatic carbocycles. The monoisotopic (exact) mass is 232 g/mol. The Morgan fingerprint density at radius 1 is 1.29 bits per heavy atom. The first kappa shape index (κ1) is 12.6. The average Bonchev–Trinajstić information content (AvgIpc) is 2.82. The van der Waals surface area contributed by atoms with Crippen LogP contribution >= 0.6 is 0 Å². The summed E-state index contributed by atoms with van der Waals surface area (Å²) in [4.78, 5) is 0. The van der Waals surface area contributed by atoms with Crippen LogP contribution in [0.4, 0.5) is 0 Å². The summed E-state index contributed by atoms with van der Waals surface area (Å²) in [5, 5.41) is 7.24. The van der Waals surface area contributed by atoms with Crippen LogP contribution in [0.25, 0.3) is 0 Å². The first-order valence-corrected chi connectivity index (χ1v) is 6.80. The van der Waals surface area contributed by atoms with Gasteiger partial charge in [-0.05, 0) is 45.2 Å². The molecule has 0 amide bonds. The lowest BCUT2D eigenvalue weighted by atomic mass is 10.0. The molecule has 1 aromatic rings. The van der Waals surface area contributed by atoms with E-state index in [9.17, 15) is 0 Å². The van der Waals surface area contributed by atoms with Crippen LogP contribution in [0.5, 0.6) is 0 Å². The van der Waals surface area contributed by atoms with E-state index in [2.05, 4.69) is 54.8 Å². The van der Waals surface area contributed by atoms with Gasteiger partial charge in [-0.1, -0.05) is 30.3 Å². The minimum Gasteiger partial charge on any atom is -0.314 e. The summed E-state index contributed by atoms with van der Waals surface area (Å²) in [5.74, 6) is 0. The number of benzene rings is 1. The zero-order valence-electron chi connectivity index (χ0n) is 10.9. The summed E-state index contributed by atoms with van der Waals surface area (Å²) in [6.07, 6.45) is 3.91. The highest BCUT2D eigenvalue weighted by molar-refractivity contribution is 5.18. The van der Waals surface area contributed by atoms with Crippen molar-refractivity contribution in [3.63, 3.8) is 0 Å². The SMILES string of the molecule is CC(CC1CCCN1)N[C@H](C)c1ccccc1. The Balaban J connectivity index is 1.79. The van der Waals surface area contributed by atoms with Crippen LogP contribution in [-0.4, -0.2) is 18.6 Å². The third-order valence-corrected chi connectivity index (χ3v) is 3.63. The largest absolute Gasteiger partial charge is 0.314 e. The maximum absolute atomic E-state index is 3.68. The van der Waals surface area contributed by atoms with Gasteiger partial charge in [0.25, 0.3) is 0 Å². The minimum absolute atomic E-state index is 0.438. The lowest BCUT2D eigenvalue weighted by Gasteiger charge is -2.23. The molecule has 1 aromatic carbocycles. The second-order valence-electron chi connectivity index (χ2n) is 5.23. The van der Waals surface area contributed by atoms with Crippen LogP contribution in [0.3, 0.4) is 0 Å². The Bertz CT molecular complexity index is 317. The normalized spacial score (nSPS) is 23.5. The van der Waals surface area contributed by atoms with Crippen molar-refractivity contribution in [3.8, 4) is 0 Å². The molecule has 0 radical (unpaired) electrons. The van der Waals surface area contributed by atoms with Gasteiger partial charge in [-0.3, -0.25) is 0 Å². The van der Waals surface area contributed by atoms with Gasteiger partial charge in [0, 0.05) is 18.1 Å². The van der Waals surface area contributed by atoms with E-state index in [0.717, 1.165) is 6.04 Å². The molecule has 2 nitrogen and oxygen atoms in total. The van der Waals surface area contributed by atoms with Crippen molar-refractivity contribution in [2.24, 2.45) is 0 Å². The Kier molecular flexibility index (Phi) is 4.57. The third kappa shape index (κ3) is 3.83. The molecule has 3 atom stereocenters. The molecule has 1 aliphatic rings. The second kappa shape index (κ2) is 6.18. The molecule has 2 unspecified atom stereocenters. The van der Waals surface area contributed by atoms with Gasteiger partial charge >= 0.3 is 0 Å². The highest BCUT2D eigenvalue weighted by Gasteiger charge is 2.18. The zero-order chi connectivity index (χ0) is 12.1. The van der Waals surface area contributed by atoms with Crippen molar-refractivity contribution in [1.82, 2.24) is 10.6 Å². The summed E-state index contributed by atoms with van der Waals surface area (Å²) in [7, 11) is 0. The molecule has 2 N–H and O–H groups in total. The van der Waals surface area contributed by atoms with Crippen LogP contribution in [0, 0.1) is 0 Å². The van der Waals surface area contributed by atoms with Gasteiger partial charge in [0.2, 0.25) is 0 Å². The van der Waals surface area contributed by atoms with Gasteiger partial charge in [-0.15, -0.1) is 0 Å². The third-order valence-electron chi connectivity index (χ3n) is 3.63. The number of rotatable bonds is 5. The van der Waals surface area contributed by atoms with Crippen molar-refractivity contribution in [3.05, 3.63) is 35.9 Å². The van der Waals surface area contributed by atoms with E-state index in [1.54, 1.807) is 0 Å². The Hall–Kier alpha value is -0.860. The van der Waals surface area contributed by atoms with E-state index in [1.165, 1.54) is 31.4 Å². The topological polar surface area (TPSA) is 24.1 Å². The average molecular weight is 232 g/mol. The highest BCUT2D eigenvalue weighted by atomic mass is 15.0. The standard InChI is InChI=1S/C15H24N2/c1-12(11-15-9-6-10-16-15)17-13(2)14-7-4-3-5-8-14/h3-5,7-8,12-13,15-17H,6,9-11H2,1-2H3/t12?,13-,15?/m1/s1. The van der Waals surface area contributed by atoms with Gasteiger partial charge in [0.05, 0.1) is 0 Å². The molecular weight excluding hydrogens is 208 g/mol. The first-order valence-electron chi connectivity index (χ1n) is 6.80. The van der Waals surface area contributed by atoms with Crippen LogP contribution in [0.1, 0.15) is 44.7 Å². The summed E-state index contributed by atoms with van der Waals surface area (Å²) in [5.41, 5.74) is 1.37. The summed E-state index contributed by atoms with van der Waals surface area (Å²) < 4.78 is 0. The van der Waals surface area contributed by atoms with Gasteiger partial charge < -0.3 is 10.6 Å². The molecule has 1 aliphatic heterocycles. The van der Waals surface area contributed by atoms with Gasteiger partial charge in [0.1, 0.15) is 0 Å². The lowest BCUT2D eigenvalue weighted by molar-refractivity contribution is 0.407. The van der Waals surface area contributed by atoms with Crippen LogP contribution < -0.4 is 10.6 Å². The maximum atomic E-state index is 3.68. The fourth-order valence-electron chi connectivity index (χ4n) is 2.72. The van der Waals surface area contributed by atoms with Crippen molar-refractivity contribution in [1.29, 1.82) is 0 Å². The van der Waals surface area contributed by atoms with Crippen molar-refractivity contribution < 1.29 is 0 Å². The van der Waals surface area contributed by atoms with E-state index in [0.29, 0.717) is 12.1 Å². The van der Waals surface area contributed by atoms with E-state index in [4.69, 9.17) is 0 Å². The molecule has 0 spiro atoms. The van der Waals surface area contributed by atoms with Gasteiger partial charge in [0.15, 0.2) is 0 Å². The van der Waals surface area contributed by atoms with E-state index < -0.39 is 0 Å². The minimum atomic E-state index is 0.438. The van der Waals surface area contributed by atoms with Crippen LogP contribution in [-0.2, 0) is 0 Å². The Morgan fingerprint density at radius 3 is 2.71 bits per heavy atom. The Labute approximate surface area is 105 Å². The number of hydrogen-bond donors (Lipinski definition) is 2. The van der Waals surface area contributed by atoms with E-state index in [-0.39, 0.29) is 0 Å². The fourth-order valence-corrected chi connectivity index (χ4v) is 2.72. The molecule has 0 aromatic heterocycles. The molecule has 1 saturated heterocycles. The van der Waals surface area contributed by atoms with Crippen LogP contribution in [0.15, 0.2) is 30.3 Å². The summed E-state index contributed by atoms with van der Waals surface area (Å²) in [6.45, 7) is 5.74. The predicted molar refractivity (Wildman–Crippen MR) is 73.1 cm³/mol. The molecule has 0 bridgehead atoms. The van der Waals surface area contributed by atoms with Crippen molar-refractivity contribution in [2.45, 2.75) is 51.2 Å². The molecule has 17 heavy (non-hydrogen) atoms. The quantitative estimate of drug-likeness (QED) is 0.815. The van der Waals surface area contributed by atoms with E-state index >= 15 is 0 Å². The smallest absolute Gasteiger partial charge is 0.0294 e. The lowest BCUT2D eigenvalue weighted by Crippen LogP contribution is -2.35. The molecule has 2 heteroatoms. The fraction of sp³-hybridized carbons (Fsp3) is 0.600. The maximum Gasteiger partial charge on any atom is 0.0294 e. The summed E-state index contributed by atoms with van der Waals surface area (Å²) >= 11 is 0. The molecular formula is C15H24N2. The molecule has 0 saturated carbocycles. The second-order valence-corrected chi connectivity index (χ2v) is 5.23. The first-order chi connectivity index (χ1) is 8.25. The summed E-state index contributed by atoms with van der Waals surface area (Å²) in [6, 6.07) is 12.4. The molecule has 1 heterocycles. The number of hydrogen-bond acceptors (Lipinski definition) is 2. The highest BCUT2D eigenvalue weighted by Crippen LogP contribution is 2.15. The molecule has 1 fully saturated rings. The van der Waals surface area contributed by atoms with Crippen molar-refractivity contribution >= 4 is 0 Å². The van der Waals surface area contributed by atoms with Gasteiger partial charge in [-0.2, -0.15) is 0 Å².